The van der Waals surface area contributed by atoms with Crippen molar-refractivity contribution >= 4 is 11.8 Å². The minimum Gasteiger partial charge on any atom is -0.481 e. The Morgan fingerprint density at radius 1 is 1.09 bits per heavy atom. The Morgan fingerprint density at radius 3 is 2.23 bits per heavy atom. The van der Waals surface area contributed by atoms with Gasteiger partial charge < -0.3 is 14.5 Å². The minimum atomic E-state index is -1.02. The quantitative estimate of drug-likeness (QED) is 0.848. The molecule has 22 heavy (non-hydrogen) atoms. The molecule has 1 aliphatic heterocycles. The molecule has 0 bridgehead atoms. The molecule has 2 rings (SSSR count). The fourth-order valence-corrected chi connectivity index (χ4v) is 2.30. The van der Waals surface area contributed by atoms with E-state index in [1.165, 1.54) is 13.0 Å². The fraction of sp³-hybridized carbons (Fsp3) is 0.467. The van der Waals surface area contributed by atoms with Crippen LogP contribution in [0.2, 0.25) is 0 Å². The average Bonchev–Trinajstić information content (AvgIpc) is 2.50. The van der Waals surface area contributed by atoms with Crippen molar-refractivity contribution in [3.05, 3.63) is 29.8 Å². The summed E-state index contributed by atoms with van der Waals surface area (Å²) >= 11 is 0. The van der Waals surface area contributed by atoms with Crippen molar-refractivity contribution in [2.45, 2.75) is 20.0 Å². The zero-order valence-corrected chi connectivity index (χ0v) is 12.5. The minimum absolute atomic E-state index is 0.0156. The van der Waals surface area contributed by atoms with Crippen molar-refractivity contribution in [3.63, 3.8) is 0 Å². The molecule has 1 fully saturated rings. The van der Waals surface area contributed by atoms with Gasteiger partial charge in [0, 0.05) is 39.2 Å². The fourth-order valence-electron chi connectivity index (χ4n) is 2.30. The van der Waals surface area contributed by atoms with Crippen LogP contribution in [0.5, 0.6) is 5.75 Å². The Labute approximate surface area is 127 Å². The van der Waals surface area contributed by atoms with Crippen LogP contribution in [-0.2, 0) is 9.59 Å². The van der Waals surface area contributed by atoms with E-state index in [4.69, 9.17) is 4.74 Å². The van der Waals surface area contributed by atoms with Gasteiger partial charge in [-0.3, -0.25) is 9.59 Å². The maximum atomic E-state index is 13.1. The Kier molecular flexibility index (Phi) is 4.95. The molecular weight excluding hydrogens is 294 g/mol. The van der Waals surface area contributed by atoms with E-state index in [1.54, 1.807) is 16.7 Å². The molecule has 120 valence electrons. The highest BCUT2D eigenvalue weighted by atomic mass is 19.2. The molecule has 7 heteroatoms. The molecule has 2 amide bonds. The number of ether oxygens (including phenoxy) is 1. The average molecular weight is 312 g/mol. The summed E-state index contributed by atoms with van der Waals surface area (Å²) in [5, 5.41) is 0. The molecule has 1 heterocycles. The molecule has 1 aromatic carbocycles. The lowest BCUT2D eigenvalue weighted by molar-refractivity contribution is -0.143. The standard InChI is InChI=1S/C15H18F2N2O3/c1-10(22-12-3-4-13(16)14(17)9-12)15(21)19-7-5-18(6-8-19)11(2)20/h3-4,9-10H,5-8H2,1-2H3. The molecule has 0 spiro atoms. The molecule has 1 aromatic rings. The first-order chi connectivity index (χ1) is 10.4. The number of carbonyl (C=O) groups excluding carboxylic acids is 2. The molecule has 1 unspecified atom stereocenters. The van der Waals surface area contributed by atoms with Crippen LogP contribution in [0.25, 0.3) is 0 Å². The van der Waals surface area contributed by atoms with E-state index in [1.807, 2.05) is 0 Å². The molecule has 1 atom stereocenters. The van der Waals surface area contributed by atoms with Gasteiger partial charge in [-0.15, -0.1) is 0 Å². The van der Waals surface area contributed by atoms with Gasteiger partial charge in [0.25, 0.3) is 5.91 Å². The first-order valence-electron chi connectivity index (χ1n) is 7.04. The van der Waals surface area contributed by atoms with Crippen molar-refractivity contribution < 1.29 is 23.1 Å². The van der Waals surface area contributed by atoms with E-state index in [0.717, 1.165) is 12.1 Å². The first kappa shape index (κ1) is 16.2. The lowest BCUT2D eigenvalue weighted by atomic mass is 10.2. The zero-order chi connectivity index (χ0) is 16.3. The summed E-state index contributed by atoms with van der Waals surface area (Å²) in [6.45, 7) is 4.89. The summed E-state index contributed by atoms with van der Waals surface area (Å²) < 4.78 is 31.3. The van der Waals surface area contributed by atoms with Crippen LogP contribution in [0, 0.1) is 11.6 Å². The monoisotopic (exact) mass is 312 g/mol. The smallest absolute Gasteiger partial charge is 0.263 e. The molecule has 5 nitrogen and oxygen atoms in total. The Morgan fingerprint density at radius 2 is 1.68 bits per heavy atom. The summed E-state index contributed by atoms with van der Waals surface area (Å²) in [6.07, 6.45) is -0.811. The Bertz CT molecular complexity index is 572. The van der Waals surface area contributed by atoms with Crippen LogP contribution in [0.3, 0.4) is 0 Å². The van der Waals surface area contributed by atoms with Gasteiger partial charge in [0.15, 0.2) is 17.7 Å². The van der Waals surface area contributed by atoms with Gasteiger partial charge in [-0.25, -0.2) is 8.78 Å². The van der Waals surface area contributed by atoms with E-state index in [9.17, 15) is 18.4 Å². The van der Waals surface area contributed by atoms with Crippen LogP contribution in [-0.4, -0.2) is 53.9 Å². The molecule has 0 saturated carbocycles. The molecule has 0 N–H and O–H groups in total. The van der Waals surface area contributed by atoms with Gasteiger partial charge >= 0.3 is 0 Å². The Balaban J connectivity index is 1.92. The number of amides is 2. The van der Waals surface area contributed by atoms with E-state index < -0.39 is 17.7 Å². The number of hydrogen-bond acceptors (Lipinski definition) is 3. The number of piperazine rings is 1. The lowest BCUT2D eigenvalue weighted by Crippen LogP contribution is -2.52. The summed E-state index contributed by atoms with van der Waals surface area (Å²) in [6, 6.07) is 3.14. The summed E-state index contributed by atoms with van der Waals surface area (Å²) in [7, 11) is 0. The normalized spacial score (nSPS) is 16.4. The van der Waals surface area contributed by atoms with Gasteiger partial charge in [0.1, 0.15) is 5.75 Å². The number of nitrogens with zero attached hydrogens (tertiary/aromatic N) is 2. The van der Waals surface area contributed by atoms with Crippen molar-refractivity contribution in [1.82, 2.24) is 9.80 Å². The third-order valence-electron chi connectivity index (χ3n) is 3.59. The van der Waals surface area contributed by atoms with Gasteiger partial charge in [-0.05, 0) is 19.1 Å². The van der Waals surface area contributed by atoms with Gasteiger partial charge in [0.2, 0.25) is 5.91 Å². The first-order valence-corrected chi connectivity index (χ1v) is 7.04. The predicted octanol–water partition coefficient (Wildman–Crippen LogP) is 1.42. The Hall–Kier alpha value is -2.18. The van der Waals surface area contributed by atoms with Crippen molar-refractivity contribution in [2.24, 2.45) is 0 Å². The van der Waals surface area contributed by atoms with E-state index in [0.29, 0.717) is 26.2 Å². The number of rotatable bonds is 3. The number of halogens is 2. The van der Waals surface area contributed by atoms with Crippen LogP contribution in [0.15, 0.2) is 18.2 Å². The predicted molar refractivity (Wildman–Crippen MR) is 75.3 cm³/mol. The van der Waals surface area contributed by atoms with Crippen LogP contribution < -0.4 is 4.74 Å². The van der Waals surface area contributed by atoms with Gasteiger partial charge in [0.05, 0.1) is 0 Å². The molecule has 0 aromatic heterocycles. The number of hydrogen-bond donors (Lipinski definition) is 0. The van der Waals surface area contributed by atoms with E-state index >= 15 is 0 Å². The molecule has 0 radical (unpaired) electrons. The lowest BCUT2D eigenvalue weighted by Gasteiger charge is -2.35. The van der Waals surface area contributed by atoms with Gasteiger partial charge in [-0.2, -0.15) is 0 Å². The van der Waals surface area contributed by atoms with E-state index in [2.05, 4.69) is 0 Å². The van der Waals surface area contributed by atoms with Gasteiger partial charge in [-0.1, -0.05) is 0 Å². The summed E-state index contributed by atoms with van der Waals surface area (Å²) in [5.41, 5.74) is 0. The third kappa shape index (κ3) is 3.72. The second kappa shape index (κ2) is 6.72. The van der Waals surface area contributed by atoms with Crippen LogP contribution in [0.1, 0.15) is 13.8 Å². The molecule has 1 aliphatic rings. The second-order valence-corrected chi connectivity index (χ2v) is 5.17. The zero-order valence-electron chi connectivity index (χ0n) is 12.5. The molecule has 1 saturated heterocycles. The highest BCUT2D eigenvalue weighted by molar-refractivity contribution is 5.81. The largest absolute Gasteiger partial charge is 0.481 e. The van der Waals surface area contributed by atoms with E-state index in [-0.39, 0.29) is 17.6 Å². The van der Waals surface area contributed by atoms with Crippen molar-refractivity contribution in [2.75, 3.05) is 26.2 Å². The van der Waals surface area contributed by atoms with Crippen molar-refractivity contribution in [1.29, 1.82) is 0 Å². The summed E-state index contributed by atoms with van der Waals surface area (Å²) in [4.78, 5) is 26.8. The highest BCUT2D eigenvalue weighted by Crippen LogP contribution is 2.17. The highest BCUT2D eigenvalue weighted by Gasteiger charge is 2.26. The van der Waals surface area contributed by atoms with Crippen molar-refractivity contribution in [3.8, 4) is 5.75 Å². The third-order valence-corrected chi connectivity index (χ3v) is 3.59. The second-order valence-electron chi connectivity index (χ2n) is 5.17. The number of benzene rings is 1. The van der Waals surface area contributed by atoms with Crippen LogP contribution in [0.4, 0.5) is 8.78 Å². The summed E-state index contributed by atoms with van der Waals surface area (Å²) in [5.74, 6) is -2.15. The number of carbonyl (C=O) groups is 2. The topological polar surface area (TPSA) is 49.9 Å². The maximum absolute atomic E-state index is 13.1. The maximum Gasteiger partial charge on any atom is 0.263 e. The SMILES string of the molecule is CC(=O)N1CCN(C(=O)C(C)Oc2ccc(F)c(F)c2)CC1. The van der Waals surface area contributed by atoms with Crippen LogP contribution >= 0.6 is 0 Å². The molecular formula is C15H18F2N2O3. The molecule has 0 aliphatic carbocycles.